The van der Waals surface area contributed by atoms with Crippen LogP contribution < -0.4 is 5.32 Å². The average Bonchev–Trinajstić information content (AvgIpc) is 2.54. The summed E-state index contributed by atoms with van der Waals surface area (Å²) < 4.78 is 9.63. The van der Waals surface area contributed by atoms with Gasteiger partial charge in [-0.2, -0.15) is 0 Å². The van der Waals surface area contributed by atoms with Gasteiger partial charge in [0.2, 0.25) is 12.0 Å². The molecule has 88 valence electrons. The molecule has 1 saturated heterocycles. The van der Waals surface area contributed by atoms with Crippen molar-refractivity contribution in [3.8, 4) is 0 Å². The topological polar surface area (TPSA) is 81.7 Å². The van der Waals surface area contributed by atoms with Crippen LogP contribution in [-0.4, -0.2) is 36.6 Å². The average molecular weight is 227 g/mol. The summed E-state index contributed by atoms with van der Waals surface area (Å²) in [4.78, 5) is 33.0. The largest absolute Gasteiger partial charge is 0.460 e. The fraction of sp³-hybridized carbons (Fsp3) is 0.500. The second-order valence-corrected chi connectivity index (χ2v) is 3.38. The Bertz CT molecular complexity index is 325. The Balaban J connectivity index is 2.32. The number of carbonyl (C=O) groups is 3. The zero-order valence-electron chi connectivity index (χ0n) is 8.89. The lowest BCUT2D eigenvalue weighted by Crippen LogP contribution is -2.32. The molecule has 6 nitrogen and oxygen atoms in total. The van der Waals surface area contributed by atoms with Gasteiger partial charge in [0, 0.05) is 6.42 Å². The van der Waals surface area contributed by atoms with E-state index in [2.05, 4.69) is 11.9 Å². The van der Waals surface area contributed by atoms with E-state index in [4.69, 9.17) is 9.47 Å². The van der Waals surface area contributed by atoms with Crippen LogP contribution in [0, 0.1) is 0 Å². The van der Waals surface area contributed by atoms with Crippen LogP contribution in [0.3, 0.4) is 0 Å². The minimum absolute atomic E-state index is 0.243. The normalized spacial score (nSPS) is 23.4. The van der Waals surface area contributed by atoms with Gasteiger partial charge in [-0.15, -0.1) is 0 Å². The second kappa shape index (κ2) is 5.29. The van der Waals surface area contributed by atoms with Crippen molar-refractivity contribution >= 4 is 17.8 Å². The zero-order valence-corrected chi connectivity index (χ0v) is 8.89. The summed E-state index contributed by atoms with van der Waals surface area (Å²) in [6.07, 6.45) is 0.287. The summed E-state index contributed by atoms with van der Waals surface area (Å²) in [6.45, 7) is 4.65. The Labute approximate surface area is 92.6 Å². The van der Waals surface area contributed by atoms with Crippen molar-refractivity contribution in [3.05, 3.63) is 12.7 Å². The van der Waals surface area contributed by atoms with Gasteiger partial charge in [-0.25, -0.2) is 4.79 Å². The molecule has 0 bridgehead atoms. The molecule has 0 aromatic carbocycles. The molecule has 1 aliphatic heterocycles. The summed E-state index contributed by atoms with van der Waals surface area (Å²) in [6, 6.07) is 0. The molecule has 0 aromatic heterocycles. The molecule has 1 rings (SSSR count). The Morgan fingerprint density at radius 2 is 2.38 bits per heavy atom. The van der Waals surface area contributed by atoms with Gasteiger partial charge in [-0.1, -0.05) is 6.58 Å². The number of amides is 1. The molecular formula is C10H13NO5. The van der Waals surface area contributed by atoms with E-state index in [1.54, 1.807) is 6.92 Å². The molecule has 1 N–H and O–H groups in total. The van der Waals surface area contributed by atoms with Crippen LogP contribution in [0.1, 0.15) is 13.3 Å². The molecule has 0 radical (unpaired) electrons. The standard InChI is InChI=1S/C10H13NO5/c1-3-8(12)11-5-9(13)16-7-4-6(2)15-10(7)14/h3,6-7H,1,4-5H2,2H3,(H,11,12). The summed E-state index contributed by atoms with van der Waals surface area (Å²) in [5, 5.41) is 2.25. The highest BCUT2D eigenvalue weighted by Gasteiger charge is 2.34. The van der Waals surface area contributed by atoms with Crippen LogP contribution >= 0.6 is 0 Å². The van der Waals surface area contributed by atoms with Gasteiger partial charge in [0.25, 0.3) is 0 Å². The zero-order chi connectivity index (χ0) is 12.1. The SMILES string of the molecule is C=CC(=O)NCC(=O)OC1CC(C)OC1=O. The van der Waals surface area contributed by atoms with E-state index >= 15 is 0 Å². The third-order valence-electron chi connectivity index (χ3n) is 1.99. The number of cyclic esters (lactones) is 1. The second-order valence-electron chi connectivity index (χ2n) is 3.38. The summed E-state index contributed by atoms with van der Waals surface area (Å²) >= 11 is 0. The highest BCUT2D eigenvalue weighted by atomic mass is 16.6. The maximum atomic E-state index is 11.2. The first-order chi connectivity index (χ1) is 7.52. The van der Waals surface area contributed by atoms with Crippen LogP contribution in [-0.2, 0) is 23.9 Å². The molecule has 0 spiro atoms. The number of hydrogen-bond acceptors (Lipinski definition) is 5. The van der Waals surface area contributed by atoms with Crippen LogP contribution in [0.4, 0.5) is 0 Å². The van der Waals surface area contributed by atoms with Gasteiger partial charge in [-0.3, -0.25) is 9.59 Å². The number of hydrogen-bond donors (Lipinski definition) is 1. The number of nitrogens with one attached hydrogen (secondary N) is 1. The first kappa shape index (κ1) is 12.2. The number of rotatable bonds is 4. The van der Waals surface area contributed by atoms with E-state index in [1.165, 1.54) is 0 Å². The van der Waals surface area contributed by atoms with Gasteiger partial charge in [0.1, 0.15) is 12.6 Å². The van der Waals surface area contributed by atoms with Gasteiger partial charge in [0.15, 0.2) is 0 Å². The summed E-state index contributed by atoms with van der Waals surface area (Å²) in [5.74, 6) is -1.69. The molecule has 2 atom stereocenters. The van der Waals surface area contributed by atoms with E-state index in [-0.39, 0.29) is 12.6 Å². The quantitative estimate of drug-likeness (QED) is 0.519. The van der Waals surface area contributed by atoms with Crippen molar-refractivity contribution in [2.45, 2.75) is 25.6 Å². The van der Waals surface area contributed by atoms with Crippen molar-refractivity contribution in [1.29, 1.82) is 0 Å². The lowest BCUT2D eigenvalue weighted by molar-refractivity contribution is -0.160. The molecule has 0 saturated carbocycles. The van der Waals surface area contributed by atoms with E-state index in [0.717, 1.165) is 6.08 Å². The van der Waals surface area contributed by atoms with Crippen molar-refractivity contribution < 1.29 is 23.9 Å². The lowest BCUT2D eigenvalue weighted by Gasteiger charge is -2.08. The van der Waals surface area contributed by atoms with Crippen molar-refractivity contribution in [2.24, 2.45) is 0 Å². The number of ether oxygens (including phenoxy) is 2. The summed E-state index contributed by atoms with van der Waals surface area (Å²) in [7, 11) is 0. The Hall–Kier alpha value is -1.85. The van der Waals surface area contributed by atoms with E-state index in [0.29, 0.717) is 6.42 Å². The van der Waals surface area contributed by atoms with Crippen molar-refractivity contribution in [2.75, 3.05) is 6.54 Å². The van der Waals surface area contributed by atoms with Gasteiger partial charge in [0.05, 0.1) is 0 Å². The minimum Gasteiger partial charge on any atom is -0.460 e. The molecule has 1 fully saturated rings. The van der Waals surface area contributed by atoms with Crippen LogP contribution in [0.15, 0.2) is 12.7 Å². The maximum Gasteiger partial charge on any atom is 0.347 e. The molecule has 1 heterocycles. The fourth-order valence-corrected chi connectivity index (χ4v) is 1.25. The third kappa shape index (κ3) is 3.38. The lowest BCUT2D eigenvalue weighted by atomic mass is 10.2. The highest BCUT2D eigenvalue weighted by molar-refractivity contribution is 5.90. The molecule has 0 aromatic rings. The Kier molecular flexibility index (Phi) is 4.04. The molecule has 0 aliphatic carbocycles. The van der Waals surface area contributed by atoms with Crippen molar-refractivity contribution in [1.82, 2.24) is 5.32 Å². The van der Waals surface area contributed by atoms with Crippen LogP contribution in [0.5, 0.6) is 0 Å². The van der Waals surface area contributed by atoms with Crippen LogP contribution in [0.25, 0.3) is 0 Å². The fourth-order valence-electron chi connectivity index (χ4n) is 1.25. The molecule has 2 unspecified atom stereocenters. The van der Waals surface area contributed by atoms with Crippen molar-refractivity contribution in [3.63, 3.8) is 0 Å². The van der Waals surface area contributed by atoms with E-state index in [9.17, 15) is 14.4 Å². The van der Waals surface area contributed by atoms with Crippen LogP contribution in [0.2, 0.25) is 0 Å². The molecule has 1 amide bonds. The van der Waals surface area contributed by atoms with E-state index < -0.39 is 23.9 Å². The summed E-state index contributed by atoms with van der Waals surface area (Å²) in [5.41, 5.74) is 0. The molecular weight excluding hydrogens is 214 g/mol. The number of esters is 2. The smallest absolute Gasteiger partial charge is 0.347 e. The monoisotopic (exact) mass is 227 g/mol. The molecule has 6 heteroatoms. The minimum atomic E-state index is -0.858. The van der Waals surface area contributed by atoms with Gasteiger partial charge < -0.3 is 14.8 Å². The third-order valence-corrected chi connectivity index (χ3v) is 1.99. The predicted molar refractivity (Wildman–Crippen MR) is 53.3 cm³/mol. The van der Waals surface area contributed by atoms with Gasteiger partial charge in [-0.05, 0) is 13.0 Å². The van der Waals surface area contributed by atoms with Gasteiger partial charge >= 0.3 is 11.9 Å². The first-order valence-corrected chi connectivity index (χ1v) is 4.83. The number of carbonyl (C=O) groups excluding carboxylic acids is 3. The Morgan fingerprint density at radius 3 is 2.88 bits per heavy atom. The first-order valence-electron chi connectivity index (χ1n) is 4.83. The van der Waals surface area contributed by atoms with E-state index in [1.807, 2.05) is 0 Å². The Morgan fingerprint density at radius 1 is 1.69 bits per heavy atom. The molecule has 1 aliphatic rings. The highest BCUT2D eigenvalue weighted by Crippen LogP contribution is 2.17. The predicted octanol–water partition coefficient (Wildman–Crippen LogP) is -0.464. The maximum absolute atomic E-state index is 11.2. The molecule has 16 heavy (non-hydrogen) atoms.